The number of carbonyl (C=O) groups is 5. The number of hydrogen-bond donors (Lipinski definition) is 4. The molecule has 0 spiro atoms. The van der Waals surface area contributed by atoms with E-state index in [4.69, 9.17) is 4.74 Å². The Morgan fingerprint density at radius 2 is 1.81 bits per heavy atom. The third kappa shape index (κ3) is 7.67. The molecule has 16 heteroatoms. The van der Waals surface area contributed by atoms with E-state index in [0.717, 1.165) is 11.3 Å². The summed E-state index contributed by atoms with van der Waals surface area (Å²) in [6, 6.07) is 1.08. The first-order chi connectivity index (χ1) is 25.2. The zero-order valence-electron chi connectivity index (χ0n) is 31.7. The van der Waals surface area contributed by atoms with E-state index in [9.17, 15) is 37.5 Å². The van der Waals surface area contributed by atoms with E-state index in [0.29, 0.717) is 31.2 Å². The summed E-state index contributed by atoms with van der Waals surface area (Å²) in [6.45, 7) is 10.2. The highest BCUT2D eigenvalue weighted by Gasteiger charge is 2.63. The number of benzene rings is 1. The van der Waals surface area contributed by atoms with Gasteiger partial charge in [0.05, 0.1) is 17.3 Å². The smallest absolute Gasteiger partial charge is 0.408 e. The summed E-state index contributed by atoms with van der Waals surface area (Å²) in [7, 11) is -4.05. The molecule has 14 nitrogen and oxygen atoms in total. The number of nitrogens with zero attached hydrogens (tertiary/aromatic N) is 2. The fourth-order valence-corrected chi connectivity index (χ4v) is 9.71. The van der Waals surface area contributed by atoms with Crippen molar-refractivity contribution in [2.75, 3.05) is 6.54 Å². The highest BCUT2D eigenvalue weighted by Crippen LogP contribution is 2.49. The average Bonchev–Trinajstić information content (AvgIpc) is 3.87. The summed E-state index contributed by atoms with van der Waals surface area (Å²) in [5.41, 5.74) is -1.83. The molecule has 0 aromatic heterocycles. The maximum absolute atomic E-state index is 15.0. The van der Waals surface area contributed by atoms with Crippen LogP contribution in [-0.4, -0.2) is 87.7 Å². The van der Waals surface area contributed by atoms with Crippen LogP contribution in [0.2, 0.25) is 0 Å². The second kappa shape index (κ2) is 14.1. The van der Waals surface area contributed by atoms with Gasteiger partial charge in [-0.3, -0.25) is 24.0 Å². The number of sulfonamides is 1. The van der Waals surface area contributed by atoms with Crippen LogP contribution in [0.4, 0.5) is 14.0 Å². The molecule has 2 aliphatic carbocycles. The van der Waals surface area contributed by atoms with Gasteiger partial charge in [-0.05, 0) is 96.1 Å². The normalized spacial score (nSPS) is 32.8. The van der Waals surface area contributed by atoms with Crippen LogP contribution in [-0.2, 0) is 35.7 Å². The van der Waals surface area contributed by atoms with Crippen molar-refractivity contribution < 1.29 is 46.6 Å². The zero-order valence-corrected chi connectivity index (χ0v) is 32.5. The van der Waals surface area contributed by atoms with Gasteiger partial charge in [0.2, 0.25) is 21.8 Å². The topological polar surface area (TPSA) is 192 Å². The average molecular weight is 774 g/mol. The standard InChI is InChI=1S/C38H52FN5O9S/c1-21-10-7-8-11-24-18-38(24,33(47)42-54(51,52)37(6)14-15-37)41-31(45)28-17-23(30-25-12-9-13-27(39)26(25)20-44(30)35(49)50)19-43(28)32(46)29(22(2)16-21)40-34(48)53-36(3,4)5/h8-9,11-13,21-24,28-30H,7,10,14-20H2,1-6H3,(H,40,48)(H,41,45)(H,42,47)(H,49,50)/b11-8-/t21-,22+,23+,24+,28-,29-,30?,38+/m0/s1. The Balaban J connectivity index is 1.39. The molecule has 1 aromatic carbocycles. The fourth-order valence-electron chi connectivity index (χ4n) is 8.40. The second-order valence-electron chi connectivity index (χ2n) is 17.3. The monoisotopic (exact) mass is 773 g/mol. The summed E-state index contributed by atoms with van der Waals surface area (Å²) in [5, 5.41) is 15.8. The molecule has 0 bridgehead atoms. The van der Waals surface area contributed by atoms with Crippen LogP contribution in [0.15, 0.2) is 30.4 Å². The maximum atomic E-state index is 15.0. The largest absolute Gasteiger partial charge is 0.465 e. The van der Waals surface area contributed by atoms with Crippen molar-refractivity contribution in [3.63, 3.8) is 0 Å². The molecule has 3 fully saturated rings. The van der Waals surface area contributed by atoms with Crippen molar-refractivity contribution in [3.8, 4) is 0 Å². The van der Waals surface area contributed by atoms with Crippen LogP contribution in [0.3, 0.4) is 0 Å². The van der Waals surface area contributed by atoms with Crippen LogP contribution in [0.5, 0.6) is 0 Å². The van der Waals surface area contributed by atoms with Crippen LogP contribution in [0.25, 0.3) is 0 Å². The van der Waals surface area contributed by atoms with Gasteiger partial charge in [-0.2, -0.15) is 0 Å². The predicted octanol–water partition coefficient (Wildman–Crippen LogP) is 4.36. The zero-order chi connectivity index (χ0) is 39.5. The maximum Gasteiger partial charge on any atom is 0.408 e. The van der Waals surface area contributed by atoms with Crippen LogP contribution in [0, 0.1) is 29.5 Å². The summed E-state index contributed by atoms with van der Waals surface area (Å²) < 4.78 is 48.0. The Bertz CT molecular complexity index is 1860. The van der Waals surface area contributed by atoms with E-state index in [1.807, 2.05) is 26.0 Å². The van der Waals surface area contributed by atoms with Crippen molar-refractivity contribution in [1.82, 2.24) is 25.2 Å². The lowest BCUT2D eigenvalue weighted by Gasteiger charge is -2.34. The summed E-state index contributed by atoms with van der Waals surface area (Å²) in [4.78, 5) is 71.5. The minimum absolute atomic E-state index is 0.0551. The van der Waals surface area contributed by atoms with E-state index in [1.54, 1.807) is 33.8 Å². The van der Waals surface area contributed by atoms with E-state index < -0.39 is 97.5 Å². The number of carbonyl (C=O) groups excluding carboxylic acids is 4. The lowest BCUT2D eigenvalue weighted by Crippen LogP contribution is -2.59. The van der Waals surface area contributed by atoms with Gasteiger partial charge in [0.1, 0.15) is 29.0 Å². The predicted molar refractivity (Wildman–Crippen MR) is 194 cm³/mol. The third-order valence-electron chi connectivity index (χ3n) is 11.8. The number of allylic oxidation sites excluding steroid dienone is 1. The van der Waals surface area contributed by atoms with Crippen molar-refractivity contribution >= 4 is 39.9 Å². The van der Waals surface area contributed by atoms with Gasteiger partial charge in [0.15, 0.2) is 0 Å². The van der Waals surface area contributed by atoms with Crippen molar-refractivity contribution in [2.45, 2.75) is 127 Å². The fraction of sp³-hybridized carbons (Fsp3) is 0.658. The highest BCUT2D eigenvalue weighted by molar-refractivity contribution is 7.91. The molecular formula is C38H52FN5O9S. The molecule has 6 rings (SSSR count). The highest BCUT2D eigenvalue weighted by atomic mass is 32.2. The quantitative estimate of drug-likeness (QED) is 0.315. The second-order valence-corrected chi connectivity index (χ2v) is 19.5. The lowest BCUT2D eigenvalue weighted by molar-refractivity contribution is -0.142. The Morgan fingerprint density at radius 1 is 1.11 bits per heavy atom. The molecule has 3 heterocycles. The molecule has 54 heavy (non-hydrogen) atoms. The number of fused-ring (bicyclic) bond motifs is 3. The molecule has 1 unspecified atom stereocenters. The van der Waals surface area contributed by atoms with Crippen LogP contribution < -0.4 is 15.4 Å². The number of alkyl carbamates (subject to hydrolysis) is 1. The molecule has 1 aromatic rings. The number of carboxylic acid groups (broad SMARTS) is 1. The summed E-state index contributed by atoms with van der Waals surface area (Å²) in [5.74, 6) is -4.27. The minimum Gasteiger partial charge on any atom is -0.465 e. The third-order valence-corrected chi connectivity index (χ3v) is 14.0. The van der Waals surface area contributed by atoms with Crippen molar-refractivity contribution in [2.24, 2.45) is 23.7 Å². The number of amides is 5. The van der Waals surface area contributed by atoms with E-state index in [1.165, 1.54) is 17.0 Å². The molecule has 8 atom stereocenters. The van der Waals surface area contributed by atoms with Gasteiger partial charge in [0, 0.05) is 23.9 Å². The molecule has 3 aliphatic heterocycles. The molecule has 1 saturated heterocycles. The molecule has 5 aliphatic rings. The Labute approximate surface area is 315 Å². The Hall–Kier alpha value is -4.21. The lowest BCUT2D eigenvalue weighted by atomic mass is 9.88. The van der Waals surface area contributed by atoms with Gasteiger partial charge in [-0.25, -0.2) is 22.4 Å². The molecule has 5 amide bonds. The number of halogens is 1. The first-order valence-corrected chi connectivity index (χ1v) is 20.3. The van der Waals surface area contributed by atoms with Crippen LogP contribution in [0.1, 0.15) is 104 Å². The molecular weight excluding hydrogens is 722 g/mol. The van der Waals surface area contributed by atoms with Gasteiger partial charge in [0.25, 0.3) is 5.91 Å². The van der Waals surface area contributed by atoms with Gasteiger partial charge in [-0.15, -0.1) is 0 Å². The van der Waals surface area contributed by atoms with E-state index >= 15 is 4.39 Å². The molecule has 2 saturated carbocycles. The van der Waals surface area contributed by atoms with Crippen molar-refractivity contribution in [3.05, 3.63) is 47.3 Å². The molecule has 4 N–H and O–H groups in total. The Kier molecular flexibility index (Phi) is 10.3. The molecule has 0 radical (unpaired) electrons. The number of nitrogens with one attached hydrogen (secondary N) is 3. The van der Waals surface area contributed by atoms with E-state index in [-0.39, 0.29) is 37.4 Å². The summed E-state index contributed by atoms with van der Waals surface area (Å²) >= 11 is 0. The number of hydrogen-bond acceptors (Lipinski definition) is 8. The number of rotatable bonds is 5. The van der Waals surface area contributed by atoms with Gasteiger partial charge in [-0.1, -0.05) is 38.1 Å². The van der Waals surface area contributed by atoms with Gasteiger partial charge >= 0.3 is 12.2 Å². The van der Waals surface area contributed by atoms with Gasteiger partial charge < -0.3 is 25.4 Å². The first kappa shape index (κ1) is 39.5. The first-order valence-electron chi connectivity index (χ1n) is 18.8. The summed E-state index contributed by atoms with van der Waals surface area (Å²) in [6.07, 6.45) is 4.38. The number of ether oxygens (including phenoxy) is 1. The van der Waals surface area contributed by atoms with E-state index in [2.05, 4.69) is 15.4 Å². The molecule has 296 valence electrons. The van der Waals surface area contributed by atoms with Crippen molar-refractivity contribution in [1.29, 1.82) is 0 Å². The Morgan fingerprint density at radius 3 is 2.46 bits per heavy atom. The van der Waals surface area contributed by atoms with Crippen LogP contribution >= 0.6 is 0 Å². The SMILES string of the molecule is C[C@H]1CC/C=C\[C@@H]2C[C@@]2(C(=O)NS(=O)(=O)C2(C)CC2)NC(=O)[C@@H]2C[C@@H](C3c4cccc(F)c4CN3C(=O)O)CN2C(=O)[C@@H](NC(=O)OC(C)(C)C)[C@H](C)C1. The minimum atomic E-state index is -4.05.